The van der Waals surface area contributed by atoms with Crippen LogP contribution in [0.25, 0.3) is 0 Å². The van der Waals surface area contributed by atoms with E-state index in [2.05, 4.69) is 5.32 Å². The van der Waals surface area contributed by atoms with Gasteiger partial charge in [0.1, 0.15) is 5.69 Å². The molecule has 0 saturated carbocycles. The van der Waals surface area contributed by atoms with Crippen LogP contribution in [0.5, 0.6) is 0 Å². The third kappa shape index (κ3) is 1.91. The molecule has 1 amide bonds. The second-order valence-electron chi connectivity index (χ2n) is 3.57. The average Bonchev–Trinajstić information content (AvgIpc) is 2.68. The lowest BCUT2D eigenvalue weighted by Gasteiger charge is -2.08. The predicted octanol–water partition coefficient (Wildman–Crippen LogP) is 1.76. The molecule has 0 spiro atoms. The normalized spacial score (nSPS) is 10.1. The zero-order valence-corrected chi connectivity index (χ0v) is 8.97. The summed E-state index contributed by atoms with van der Waals surface area (Å²) in [5, 5.41) is 2.81. The van der Waals surface area contributed by atoms with Crippen molar-refractivity contribution < 1.29 is 4.79 Å². The van der Waals surface area contributed by atoms with Gasteiger partial charge in [0.25, 0.3) is 5.91 Å². The summed E-state index contributed by atoms with van der Waals surface area (Å²) < 4.78 is 1.30. The minimum Gasteiger partial charge on any atom is -0.339 e. The first-order chi connectivity index (χ1) is 7.68. The zero-order chi connectivity index (χ0) is 11.5. The number of para-hydroxylation sites is 1. The van der Waals surface area contributed by atoms with Crippen molar-refractivity contribution in [1.29, 1.82) is 0 Å². The molecule has 0 unspecified atom stereocenters. The topological polar surface area (TPSA) is 60.0 Å². The van der Waals surface area contributed by atoms with E-state index in [-0.39, 0.29) is 5.91 Å². The number of aromatic nitrogens is 1. The molecule has 3 N–H and O–H groups in total. The van der Waals surface area contributed by atoms with Crippen LogP contribution >= 0.6 is 0 Å². The number of nitrogens with one attached hydrogen (secondary N) is 1. The van der Waals surface area contributed by atoms with Gasteiger partial charge in [-0.3, -0.25) is 9.47 Å². The van der Waals surface area contributed by atoms with Crippen molar-refractivity contribution in [2.24, 2.45) is 0 Å². The van der Waals surface area contributed by atoms with Crippen LogP contribution in [0.1, 0.15) is 16.1 Å². The second kappa shape index (κ2) is 4.10. The zero-order valence-electron chi connectivity index (χ0n) is 8.97. The van der Waals surface area contributed by atoms with Crippen molar-refractivity contribution in [2.75, 3.05) is 11.2 Å². The van der Waals surface area contributed by atoms with E-state index in [1.54, 1.807) is 18.3 Å². The largest absolute Gasteiger partial charge is 0.339 e. The maximum absolute atomic E-state index is 11.8. The number of carbonyl (C=O) groups excluding carboxylic acids is 1. The predicted molar refractivity (Wildman–Crippen MR) is 63.7 cm³/mol. The fraction of sp³-hybridized carbons (Fsp3) is 0.0833. The molecular formula is C12H13N3O. The summed E-state index contributed by atoms with van der Waals surface area (Å²) in [5.41, 5.74) is 2.25. The summed E-state index contributed by atoms with van der Waals surface area (Å²) in [5.74, 6) is 5.38. The van der Waals surface area contributed by atoms with Gasteiger partial charge in [-0.1, -0.05) is 18.2 Å². The Hall–Kier alpha value is -2.23. The van der Waals surface area contributed by atoms with Crippen LogP contribution in [0, 0.1) is 6.92 Å². The first kappa shape index (κ1) is 10.3. The molecule has 1 aromatic heterocycles. The maximum atomic E-state index is 11.8. The SMILES string of the molecule is Cc1ccccc1NC(=O)c1cccn1N. The number of carbonyl (C=O) groups is 1. The Morgan fingerprint density at radius 3 is 2.62 bits per heavy atom. The molecule has 0 aliphatic heterocycles. The molecule has 4 heteroatoms. The van der Waals surface area contributed by atoms with E-state index in [1.807, 2.05) is 31.2 Å². The van der Waals surface area contributed by atoms with Crippen molar-refractivity contribution in [3.8, 4) is 0 Å². The van der Waals surface area contributed by atoms with E-state index in [9.17, 15) is 4.79 Å². The number of hydrogen-bond donors (Lipinski definition) is 2. The van der Waals surface area contributed by atoms with Gasteiger partial charge in [0, 0.05) is 11.9 Å². The second-order valence-corrected chi connectivity index (χ2v) is 3.57. The summed E-state index contributed by atoms with van der Waals surface area (Å²) >= 11 is 0. The summed E-state index contributed by atoms with van der Waals surface area (Å²) in [6.45, 7) is 1.94. The van der Waals surface area contributed by atoms with E-state index < -0.39 is 0 Å². The van der Waals surface area contributed by atoms with Crippen LogP contribution in [0.4, 0.5) is 5.69 Å². The van der Waals surface area contributed by atoms with Crippen LogP contribution in [0.15, 0.2) is 42.6 Å². The molecule has 0 saturated heterocycles. The Labute approximate surface area is 93.7 Å². The van der Waals surface area contributed by atoms with Crippen molar-refractivity contribution in [3.05, 3.63) is 53.9 Å². The minimum atomic E-state index is -0.207. The Balaban J connectivity index is 2.21. The van der Waals surface area contributed by atoms with Crippen molar-refractivity contribution in [1.82, 2.24) is 4.68 Å². The fourth-order valence-corrected chi connectivity index (χ4v) is 1.49. The van der Waals surface area contributed by atoms with E-state index in [0.29, 0.717) is 5.69 Å². The lowest BCUT2D eigenvalue weighted by molar-refractivity contribution is 0.102. The number of hydrogen-bond acceptors (Lipinski definition) is 2. The number of aryl methyl sites for hydroxylation is 1. The first-order valence-corrected chi connectivity index (χ1v) is 4.98. The van der Waals surface area contributed by atoms with Crippen LogP contribution in [0.2, 0.25) is 0 Å². The van der Waals surface area contributed by atoms with Gasteiger partial charge in [-0.25, -0.2) is 0 Å². The molecule has 2 aromatic rings. The van der Waals surface area contributed by atoms with E-state index >= 15 is 0 Å². The smallest absolute Gasteiger partial charge is 0.274 e. The first-order valence-electron chi connectivity index (χ1n) is 4.98. The highest BCUT2D eigenvalue weighted by Crippen LogP contribution is 2.14. The minimum absolute atomic E-state index is 0.207. The van der Waals surface area contributed by atoms with Gasteiger partial charge in [-0.05, 0) is 30.7 Å². The highest BCUT2D eigenvalue weighted by atomic mass is 16.2. The van der Waals surface area contributed by atoms with Crippen molar-refractivity contribution in [3.63, 3.8) is 0 Å². The number of nitrogens with zero attached hydrogens (tertiary/aromatic N) is 1. The van der Waals surface area contributed by atoms with Gasteiger partial charge in [-0.15, -0.1) is 0 Å². The van der Waals surface area contributed by atoms with Gasteiger partial charge in [-0.2, -0.15) is 0 Å². The molecule has 2 rings (SSSR count). The Morgan fingerprint density at radius 2 is 2.00 bits per heavy atom. The van der Waals surface area contributed by atoms with Gasteiger partial charge in [0.15, 0.2) is 0 Å². The highest BCUT2D eigenvalue weighted by Gasteiger charge is 2.10. The standard InChI is InChI=1S/C12H13N3O/c1-9-5-2-3-6-10(9)14-12(16)11-7-4-8-15(11)13/h2-8H,13H2,1H3,(H,14,16). The fourth-order valence-electron chi connectivity index (χ4n) is 1.49. The molecule has 0 aliphatic carbocycles. The average molecular weight is 215 g/mol. The van der Waals surface area contributed by atoms with Crippen LogP contribution in [-0.4, -0.2) is 10.6 Å². The monoisotopic (exact) mass is 215 g/mol. The number of benzene rings is 1. The van der Waals surface area contributed by atoms with Crippen LogP contribution in [0.3, 0.4) is 0 Å². The number of amides is 1. The lowest BCUT2D eigenvalue weighted by atomic mass is 10.2. The Kier molecular flexibility index (Phi) is 2.64. The van der Waals surface area contributed by atoms with E-state index in [1.165, 1.54) is 4.68 Å². The van der Waals surface area contributed by atoms with Gasteiger partial charge in [0.05, 0.1) is 0 Å². The molecule has 1 aromatic carbocycles. The van der Waals surface area contributed by atoms with E-state index in [4.69, 9.17) is 5.84 Å². The molecule has 16 heavy (non-hydrogen) atoms. The van der Waals surface area contributed by atoms with Crippen LogP contribution < -0.4 is 11.2 Å². The third-order valence-electron chi connectivity index (χ3n) is 2.40. The summed E-state index contributed by atoms with van der Waals surface area (Å²) in [6.07, 6.45) is 1.63. The molecule has 1 heterocycles. The maximum Gasteiger partial charge on any atom is 0.274 e. The molecular weight excluding hydrogens is 202 g/mol. The molecule has 0 fully saturated rings. The summed E-state index contributed by atoms with van der Waals surface area (Å²) in [6, 6.07) is 11.0. The van der Waals surface area contributed by atoms with Gasteiger partial charge < -0.3 is 11.2 Å². The van der Waals surface area contributed by atoms with Crippen molar-refractivity contribution >= 4 is 11.6 Å². The lowest BCUT2D eigenvalue weighted by Crippen LogP contribution is -2.21. The Morgan fingerprint density at radius 1 is 1.25 bits per heavy atom. The molecule has 0 aliphatic rings. The molecule has 82 valence electrons. The van der Waals surface area contributed by atoms with Crippen molar-refractivity contribution in [2.45, 2.75) is 6.92 Å². The summed E-state index contributed by atoms with van der Waals surface area (Å²) in [4.78, 5) is 11.8. The number of nitrogens with two attached hydrogens (primary N) is 1. The summed E-state index contributed by atoms with van der Waals surface area (Å²) in [7, 11) is 0. The van der Waals surface area contributed by atoms with Gasteiger partial charge >= 0.3 is 0 Å². The number of anilines is 1. The van der Waals surface area contributed by atoms with Gasteiger partial charge in [0.2, 0.25) is 0 Å². The molecule has 0 bridgehead atoms. The van der Waals surface area contributed by atoms with Crippen LogP contribution in [-0.2, 0) is 0 Å². The molecule has 0 atom stereocenters. The quantitative estimate of drug-likeness (QED) is 0.750. The molecule has 0 radical (unpaired) electrons. The third-order valence-corrected chi connectivity index (χ3v) is 2.40. The molecule has 4 nitrogen and oxygen atoms in total. The highest BCUT2D eigenvalue weighted by molar-refractivity contribution is 6.03. The number of nitrogen functional groups attached to an aromatic ring is 1. The van der Waals surface area contributed by atoms with E-state index in [0.717, 1.165) is 11.3 Å². The Bertz CT molecular complexity index is 516. The number of rotatable bonds is 2.